The summed E-state index contributed by atoms with van der Waals surface area (Å²) in [4.78, 5) is 0. The molecule has 0 aliphatic heterocycles. The molecule has 0 aromatic rings. The van der Waals surface area contributed by atoms with Crippen molar-refractivity contribution in [3.05, 3.63) is 0 Å². The maximum atomic E-state index is 5.91. The Balaban J connectivity index is 2.78. The van der Waals surface area contributed by atoms with Crippen LogP contribution in [0.4, 0.5) is 0 Å². The second-order valence-corrected chi connectivity index (χ2v) is 5.67. The van der Waals surface area contributed by atoms with Crippen molar-refractivity contribution in [3.8, 4) is 0 Å². The monoisotopic (exact) mass is 184 g/mol. The molecule has 0 bridgehead atoms. The lowest BCUT2D eigenvalue weighted by molar-refractivity contribution is -0.117. The van der Waals surface area contributed by atoms with Gasteiger partial charge in [-0.25, -0.2) is 0 Å². The minimum absolute atomic E-state index is 0.359. The van der Waals surface area contributed by atoms with Crippen LogP contribution in [0.2, 0.25) is 0 Å². The maximum Gasteiger partial charge on any atom is 0.0676 e. The Hall–Kier alpha value is -0.0400. The highest BCUT2D eigenvalue weighted by Gasteiger charge is 2.44. The van der Waals surface area contributed by atoms with Crippen LogP contribution < -0.4 is 0 Å². The van der Waals surface area contributed by atoms with E-state index < -0.39 is 0 Å². The van der Waals surface area contributed by atoms with Crippen LogP contribution in [-0.2, 0) is 4.74 Å². The molecule has 0 saturated heterocycles. The summed E-state index contributed by atoms with van der Waals surface area (Å²) in [5.74, 6) is 0. The van der Waals surface area contributed by atoms with Gasteiger partial charge >= 0.3 is 0 Å². The van der Waals surface area contributed by atoms with Gasteiger partial charge in [0, 0.05) is 6.61 Å². The fourth-order valence-electron chi connectivity index (χ4n) is 2.94. The minimum atomic E-state index is 0.359. The van der Waals surface area contributed by atoms with Gasteiger partial charge in [0.15, 0.2) is 0 Å². The van der Waals surface area contributed by atoms with Crippen LogP contribution in [0, 0.1) is 10.8 Å². The topological polar surface area (TPSA) is 9.23 Å². The Labute approximate surface area is 82.9 Å². The predicted octanol–water partition coefficient (Wildman–Crippen LogP) is 3.63. The molecule has 13 heavy (non-hydrogen) atoms. The van der Waals surface area contributed by atoms with Crippen molar-refractivity contribution in [3.63, 3.8) is 0 Å². The normalized spacial score (nSPS) is 27.5. The van der Waals surface area contributed by atoms with E-state index in [1.807, 2.05) is 0 Å². The fraction of sp³-hybridized carbons (Fsp3) is 1.00. The van der Waals surface area contributed by atoms with E-state index in [0.717, 1.165) is 6.61 Å². The first-order valence-electron chi connectivity index (χ1n) is 5.52. The van der Waals surface area contributed by atoms with E-state index in [2.05, 4.69) is 34.6 Å². The van der Waals surface area contributed by atoms with Crippen molar-refractivity contribution in [2.24, 2.45) is 10.8 Å². The Bertz CT molecular complexity index is 154. The maximum absolute atomic E-state index is 5.91. The van der Waals surface area contributed by atoms with Gasteiger partial charge in [-0.2, -0.15) is 0 Å². The van der Waals surface area contributed by atoms with Crippen LogP contribution in [-0.4, -0.2) is 12.7 Å². The van der Waals surface area contributed by atoms with Crippen molar-refractivity contribution in [2.75, 3.05) is 6.61 Å². The molecular weight excluding hydrogens is 160 g/mol. The van der Waals surface area contributed by atoms with Crippen LogP contribution in [0.5, 0.6) is 0 Å². The van der Waals surface area contributed by atoms with Gasteiger partial charge in [0.05, 0.1) is 6.10 Å². The van der Waals surface area contributed by atoms with Crippen molar-refractivity contribution in [2.45, 2.75) is 60.0 Å². The van der Waals surface area contributed by atoms with Crippen LogP contribution in [0.25, 0.3) is 0 Å². The van der Waals surface area contributed by atoms with Crippen molar-refractivity contribution in [1.29, 1.82) is 0 Å². The average molecular weight is 184 g/mol. The van der Waals surface area contributed by atoms with Gasteiger partial charge in [-0.3, -0.25) is 0 Å². The smallest absolute Gasteiger partial charge is 0.0676 e. The molecule has 0 atom stereocenters. The fourth-order valence-corrected chi connectivity index (χ4v) is 2.94. The Kier molecular flexibility index (Phi) is 3.06. The molecule has 0 unspecified atom stereocenters. The van der Waals surface area contributed by atoms with Crippen LogP contribution in [0.1, 0.15) is 53.9 Å². The van der Waals surface area contributed by atoms with Gasteiger partial charge in [0.2, 0.25) is 0 Å². The SMILES string of the molecule is CCOC1C(C)(C)CCCC1(C)C. The van der Waals surface area contributed by atoms with E-state index in [1.54, 1.807) is 0 Å². The lowest BCUT2D eigenvalue weighted by Gasteiger charge is -2.48. The van der Waals surface area contributed by atoms with Gasteiger partial charge < -0.3 is 4.74 Å². The van der Waals surface area contributed by atoms with Gasteiger partial charge in [0.25, 0.3) is 0 Å². The van der Waals surface area contributed by atoms with E-state index in [1.165, 1.54) is 19.3 Å². The van der Waals surface area contributed by atoms with Gasteiger partial charge in [-0.15, -0.1) is 0 Å². The lowest BCUT2D eigenvalue weighted by Crippen LogP contribution is -2.47. The Morgan fingerprint density at radius 3 is 1.92 bits per heavy atom. The first-order valence-corrected chi connectivity index (χ1v) is 5.52. The largest absolute Gasteiger partial charge is 0.377 e. The number of rotatable bonds is 2. The predicted molar refractivity (Wildman–Crippen MR) is 56.8 cm³/mol. The zero-order valence-electron chi connectivity index (χ0n) is 9.81. The molecule has 1 aliphatic rings. The highest BCUT2D eigenvalue weighted by Crippen LogP contribution is 2.47. The third-order valence-electron chi connectivity index (χ3n) is 3.40. The molecule has 0 spiro atoms. The van der Waals surface area contributed by atoms with Gasteiger partial charge in [-0.1, -0.05) is 34.1 Å². The summed E-state index contributed by atoms with van der Waals surface area (Å²) in [5, 5.41) is 0. The minimum Gasteiger partial charge on any atom is -0.377 e. The third kappa shape index (κ3) is 2.25. The summed E-state index contributed by atoms with van der Waals surface area (Å²) in [5.41, 5.74) is 0.718. The summed E-state index contributed by atoms with van der Waals surface area (Å²) in [6.07, 6.45) is 4.39. The molecule has 1 saturated carbocycles. The van der Waals surface area contributed by atoms with E-state index >= 15 is 0 Å². The zero-order chi connectivity index (χ0) is 10.1. The second-order valence-electron chi connectivity index (χ2n) is 5.67. The first-order chi connectivity index (χ1) is 5.90. The summed E-state index contributed by atoms with van der Waals surface area (Å²) >= 11 is 0. The summed E-state index contributed by atoms with van der Waals surface area (Å²) < 4.78 is 5.91. The van der Waals surface area contributed by atoms with E-state index in [0.29, 0.717) is 16.9 Å². The molecule has 0 N–H and O–H groups in total. The number of ether oxygens (including phenoxy) is 1. The van der Waals surface area contributed by atoms with Crippen LogP contribution >= 0.6 is 0 Å². The molecule has 0 radical (unpaired) electrons. The summed E-state index contributed by atoms with van der Waals surface area (Å²) in [6.45, 7) is 12.3. The molecule has 1 aliphatic carbocycles. The standard InChI is InChI=1S/C12H24O/c1-6-13-10-11(2,3)8-7-9-12(10,4)5/h10H,6-9H2,1-5H3. The molecule has 0 aromatic carbocycles. The summed E-state index contributed by atoms with van der Waals surface area (Å²) in [6, 6.07) is 0. The van der Waals surface area contributed by atoms with E-state index in [-0.39, 0.29) is 0 Å². The highest BCUT2D eigenvalue weighted by molar-refractivity contribution is 4.94. The van der Waals surface area contributed by atoms with Crippen molar-refractivity contribution >= 4 is 0 Å². The molecule has 1 fully saturated rings. The highest BCUT2D eigenvalue weighted by atomic mass is 16.5. The Morgan fingerprint density at radius 1 is 1.08 bits per heavy atom. The molecule has 1 nitrogen and oxygen atoms in total. The molecule has 0 heterocycles. The number of hydrogen-bond acceptors (Lipinski definition) is 1. The molecule has 0 aromatic heterocycles. The van der Waals surface area contributed by atoms with E-state index in [4.69, 9.17) is 4.74 Å². The van der Waals surface area contributed by atoms with Gasteiger partial charge in [0.1, 0.15) is 0 Å². The second kappa shape index (κ2) is 3.61. The van der Waals surface area contributed by atoms with Crippen molar-refractivity contribution in [1.82, 2.24) is 0 Å². The Morgan fingerprint density at radius 2 is 1.54 bits per heavy atom. The van der Waals surface area contributed by atoms with Crippen LogP contribution in [0.15, 0.2) is 0 Å². The molecule has 1 heteroatoms. The quantitative estimate of drug-likeness (QED) is 0.637. The summed E-state index contributed by atoms with van der Waals surface area (Å²) in [7, 11) is 0. The third-order valence-corrected chi connectivity index (χ3v) is 3.40. The van der Waals surface area contributed by atoms with Crippen molar-refractivity contribution < 1.29 is 4.74 Å². The van der Waals surface area contributed by atoms with Gasteiger partial charge in [-0.05, 0) is 30.6 Å². The molecule has 78 valence electrons. The average Bonchev–Trinajstić information content (AvgIpc) is 1.96. The molecule has 1 rings (SSSR count). The molecule has 0 amide bonds. The first kappa shape index (κ1) is 11.0. The zero-order valence-corrected chi connectivity index (χ0v) is 9.81. The van der Waals surface area contributed by atoms with E-state index in [9.17, 15) is 0 Å². The molecular formula is C12H24O. The lowest BCUT2D eigenvalue weighted by atomic mass is 9.63. The van der Waals surface area contributed by atoms with Crippen LogP contribution in [0.3, 0.4) is 0 Å². The number of hydrogen-bond donors (Lipinski definition) is 0.